The molecule has 2 aromatic heterocycles. The maximum absolute atomic E-state index is 12.4. The predicted molar refractivity (Wildman–Crippen MR) is 71.7 cm³/mol. The molecule has 120 valence electrons. The maximum Gasteiger partial charge on any atom is 0.435 e. The van der Waals surface area contributed by atoms with Crippen molar-refractivity contribution in [1.29, 1.82) is 0 Å². The summed E-state index contributed by atoms with van der Waals surface area (Å²) in [6, 6.07) is 0.836. The normalized spacial score (nSPS) is 11.7. The van der Waals surface area contributed by atoms with E-state index in [1.54, 1.807) is 10.9 Å². The number of amides is 1. The summed E-state index contributed by atoms with van der Waals surface area (Å²) in [4.78, 5) is 11.8. The standard InChI is InChI=1S/C13H16F3N5O/c1-3-21-9(2)10(7-18-21)6-17-12(22)8-20-5-4-11(19-20)13(14,15)16/h4-5,7H,3,6,8H2,1-2H3,(H,17,22). The summed E-state index contributed by atoms with van der Waals surface area (Å²) in [6.45, 7) is 4.59. The Morgan fingerprint density at radius 1 is 1.41 bits per heavy atom. The van der Waals surface area contributed by atoms with Crippen LogP contribution in [0.25, 0.3) is 0 Å². The first-order chi connectivity index (χ1) is 10.3. The van der Waals surface area contributed by atoms with Crippen molar-refractivity contribution in [3.05, 3.63) is 35.4 Å². The Morgan fingerprint density at radius 2 is 2.14 bits per heavy atom. The molecule has 0 aliphatic rings. The van der Waals surface area contributed by atoms with Crippen LogP contribution in [0.2, 0.25) is 0 Å². The highest BCUT2D eigenvalue weighted by Gasteiger charge is 2.33. The lowest BCUT2D eigenvalue weighted by Crippen LogP contribution is -2.27. The second kappa shape index (κ2) is 6.20. The first kappa shape index (κ1) is 16.1. The zero-order valence-electron chi connectivity index (χ0n) is 12.2. The monoisotopic (exact) mass is 315 g/mol. The number of carbonyl (C=O) groups excluding carboxylic acids is 1. The van der Waals surface area contributed by atoms with Crippen LogP contribution in [-0.2, 0) is 30.6 Å². The van der Waals surface area contributed by atoms with E-state index in [-0.39, 0.29) is 13.1 Å². The molecule has 0 unspecified atom stereocenters. The predicted octanol–water partition coefficient (Wildman–Crippen LogP) is 1.74. The molecule has 22 heavy (non-hydrogen) atoms. The second-order valence-electron chi connectivity index (χ2n) is 4.74. The van der Waals surface area contributed by atoms with Crippen LogP contribution in [-0.4, -0.2) is 25.5 Å². The van der Waals surface area contributed by atoms with E-state index >= 15 is 0 Å². The summed E-state index contributed by atoms with van der Waals surface area (Å²) in [5, 5.41) is 10.1. The minimum Gasteiger partial charge on any atom is -0.350 e. The molecule has 2 heterocycles. The van der Waals surface area contributed by atoms with Crippen LogP contribution in [0, 0.1) is 6.92 Å². The highest BCUT2D eigenvalue weighted by atomic mass is 19.4. The zero-order valence-corrected chi connectivity index (χ0v) is 12.2. The molecule has 0 aliphatic heterocycles. The first-order valence-electron chi connectivity index (χ1n) is 6.70. The molecule has 0 saturated carbocycles. The van der Waals surface area contributed by atoms with Crippen LogP contribution in [0.3, 0.4) is 0 Å². The van der Waals surface area contributed by atoms with Crippen LogP contribution in [0.4, 0.5) is 13.2 Å². The smallest absolute Gasteiger partial charge is 0.350 e. The Labute approximate surface area is 124 Å². The van der Waals surface area contributed by atoms with Gasteiger partial charge in [0.15, 0.2) is 5.69 Å². The molecule has 0 bridgehead atoms. The van der Waals surface area contributed by atoms with E-state index in [1.165, 1.54) is 0 Å². The van der Waals surface area contributed by atoms with Crippen molar-refractivity contribution in [1.82, 2.24) is 24.9 Å². The molecule has 0 fully saturated rings. The summed E-state index contributed by atoms with van der Waals surface area (Å²) < 4.78 is 40.0. The van der Waals surface area contributed by atoms with Gasteiger partial charge in [-0.05, 0) is 19.9 Å². The van der Waals surface area contributed by atoms with Gasteiger partial charge in [0.1, 0.15) is 6.54 Å². The number of nitrogens with zero attached hydrogens (tertiary/aromatic N) is 4. The molecule has 0 aromatic carbocycles. The van der Waals surface area contributed by atoms with Gasteiger partial charge in [0, 0.05) is 30.5 Å². The van der Waals surface area contributed by atoms with Crippen molar-refractivity contribution in [2.45, 2.75) is 39.7 Å². The van der Waals surface area contributed by atoms with Gasteiger partial charge in [-0.3, -0.25) is 14.2 Å². The second-order valence-corrected chi connectivity index (χ2v) is 4.74. The molecule has 2 aromatic rings. The number of nitrogens with one attached hydrogen (secondary N) is 1. The molecule has 2 rings (SSSR count). The zero-order chi connectivity index (χ0) is 16.3. The lowest BCUT2D eigenvalue weighted by atomic mass is 10.2. The van der Waals surface area contributed by atoms with Gasteiger partial charge in [-0.1, -0.05) is 0 Å². The number of aryl methyl sites for hydroxylation is 1. The van der Waals surface area contributed by atoms with Crippen molar-refractivity contribution in [3.63, 3.8) is 0 Å². The van der Waals surface area contributed by atoms with E-state index in [0.29, 0.717) is 0 Å². The minimum absolute atomic E-state index is 0.267. The molecule has 0 aliphatic carbocycles. The molecule has 9 heteroatoms. The van der Waals surface area contributed by atoms with Gasteiger partial charge in [-0.2, -0.15) is 23.4 Å². The molecule has 0 spiro atoms. The SMILES string of the molecule is CCn1ncc(CNC(=O)Cn2ccc(C(F)(F)F)n2)c1C. The van der Waals surface area contributed by atoms with Crippen molar-refractivity contribution in [2.75, 3.05) is 0 Å². The number of alkyl halides is 3. The molecule has 1 amide bonds. The Balaban J connectivity index is 1.90. The molecule has 0 saturated heterocycles. The average Bonchev–Trinajstić information content (AvgIpc) is 3.03. The lowest BCUT2D eigenvalue weighted by molar-refractivity contribution is -0.141. The lowest BCUT2D eigenvalue weighted by Gasteiger charge is -2.06. The molecule has 1 N–H and O–H groups in total. The van der Waals surface area contributed by atoms with Gasteiger partial charge < -0.3 is 5.32 Å². The van der Waals surface area contributed by atoms with Crippen LogP contribution >= 0.6 is 0 Å². The van der Waals surface area contributed by atoms with Gasteiger partial charge in [0.05, 0.1) is 6.20 Å². The van der Waals surface area contributed by atoms with Crippen LogP contribution < -0.4 is 5.32 Å². The Kier molecular flexibility index (Phi) is 4.53. The number of rotatable bonds is 5. The molecular formula is C13H16F3N5O. The molecule has 6 nitrogen and oxygen atoms in total. The van der Waals surface area contributed by atoms with Crippen LogP contribution in [0.1, 0.15) is 23.9 Å². The van der Waals surface area contributed by atoms with E-state index < -0.39 is 17.8 Å². The number of hydrogen-bond acceptors (Lipinski definition) is 3. The number of carbonyl (C=O) groups is 1. The van der Waals surface area contributed by atoms with Crippen LogP contribution in [0.15, 0.2) is 18.5 Å². The summed E-state index contributed by atoms with van der Waals surface area (Å²) in [7, 11) is 0. The molecule has 0 radical (unpaired) electrons. The van der Waals surface area contributed by atoms with Crippen molar-refractivity contribution < 1.29 is 18.0 Å². The van der Waals surface area contributed by atoms with Gasteiger partial charge in [0.25, 0.3) is 0 Å². The van der Waals surface area contributed by atoms with Crippen molar-refractivity contribution >= 4 is 5.91 Å². The van der Waals surface area contributed by atoms with Crippen molar-refractivity contribution in [2.24, 2.45) is 0 Å². The summed E-state index contributed by atoms with van der Waals surface area (Å²) in [6.07, 6.45) is -1.72. The number of hydrogen-bond donors (Lipinski definition) is 1. The number of halogens is 3. The van der Waals surface area contributed by atoms with Crippen LogP contribution in [0.5, 0.6) is 0 Å². The Hall–Kier alpha value is -2.32. The van der Waals surface area contributed by atoms with Gasteiger partial charge in [-0.15, -0.1) is 0 Å². The number of aromatic nitrogens is 4. The summed E-state index contributed by atoms with van der Waals surface area (Å²) >= 11 is 0. The highest BCUT2D eigenvalue weighted by Crippen LogP contribution is 2.27. The largest absolute Gasteiger partial charge is 0.435 e. The summed E-state index contributed by atoms with van der Waals surface area (Å²) in [5.41, 5.74) is 0.799. The maximum atomic E-state index is 12.4. The van der Waals surface area contributed by atoms with E-state index in [0.717, 1.165) is 34.7 Å². The Morgan fingerprint density at radius 3 is 2.68 bits per heavy atom. The minimum atomic E-state index is -4.51. The van der Waals surface area contributed by atoms with E-state index in [2.05, 4.69) is 15.5 Å². The highest BCUT2D eigenvalue weighted by molar-refractivity contribution is 5.75. The third kappa shape index (κ3) is 3.66. The van der Waals surface area contributed by atoms with E-state index in [1.807, 2.05) is 13.8 Å². The third-order valence-corrected chi connectivity index (χ3v) is 3.22. The first-order valence-corrected chi connectivity index (χ1v) is 6.70. The van der Waals surface area contributed by atoms with Crippen molar-refractivity contribution in [3.8, 4) is 0 Å². The van der Waals surface area contributed by atoms with Gasteiger partial charge in [0.2, 0.25) is 5.91 Å². The fourth-order valence-corrected chi connectivity index (χ4v) is 1.98. The fourth-order valence-electron chi connectivity index (χ4n) is 1.98. The summed E-state index contributed by atoms with van der Waals surface area (Å²) in [5.74, 6) is -0.416. The molecule has 0 atom stereocenters. The topological polar surface area (TPSA) is 64.7 Å². The fraction of sp³-hybridized carbons (Fsp3) is 0.462. The Bertz CT molecular complexity index is 659. The van der Waals surface area contributed by atoms with E-state index in [9.17, 15) is 18.0 Å². The molecular weight excluding hydrogens is 299 g/mol. The van der Waals surface area contributed by atoms with E-state index in [4.69, 9.17) is 0 Å². The third-order valence-electron chi connectivity index (χ3n) is 3.22. The van der Waals surface area contributed by atoms with Gasteiger partial charge >= 0.3 is 6.18 Å². The van der Waals surface area contributed by atoms with Gasteiger partial charge in [-0.25, -0.2) is 0 Å². The quantitative estimate of drug-likeness (QED) is 0.914. The average molecular weight is 315 g/mol.